The van der Waals surface area contributed by atoms with Gasteiger partial charge in [0.25, 0.3) is 0 Å². The number of hydrogen-bond donors (Lipinski definition) is 1. The van der Waals surface area contributed by atoms with Crippen LogP contribution in [0.5, 0.6) is 0 Å². The predicted octanol–water partition coefficient (Wildman–Crippen LogP) is 4.14. The molecule has 0 saturated heterocycles. The lowest BCUT2D eigenvalue weighted by Gasteiger charge is -2.11. The molecule has 1 amide bonds. The van der Waals surface area contributed by atoms with Gasteiger partial charge in [0.2, 0.25) is 5.91 Å². The quantitative estimate of drug-likeness (QED) is 0.490. The van der Waals surface area contributed by atoms with Crippen molar-refractivity contribution >= 4 is 11.4 Å². The van der Waals surface area contributed by atoms with Crippen molar-refractivity contribution in [1.29, 1.82) is 0 Å². The fourth-order valence-electron chi connectivity index (χ4n) is 3.66. The summed E-state index contributed by atoms with van der Waals surface area (Å²) in [6, 6.07) is 12.3. The Hall–Kier alpha value is -3.85. The first-order valence-corrected chi connectivity index (χ1v) is 10.8. The van der Waals surface area contributed by atoms with E-state index in [1.807, 2.05) is 39.9 Å². The van der Waals surface area contributed by atoms with Crippen LogP contribution >= 0.6 is 0 Å². The van der Waals surface area contributed by atoms with E-state index in [9.17, 15) is 4.79 Å². The Morgan fingerprint density at radius 3 is 2.56 bits per heavy atom. The minimum atomic E-state index is -0.904. The van der Waals surface area contributed by atoms with E-state index in [2.05, 4.69) is 52.5 Å². The molecule has 0 radical (unpaired) electrons. The molecule has 6 nitrogen and oxygen atoms in total. The monoisotopic (exact) mass is 423 g/mol. The molecule has 1 saturated carbocycles. The molecule has 1 aliphatic carbocycles. The van der Waals surface area contributed by atoms with Crippen LogP contribution in [0.2, 0.25) is 0 Å². The molecule has 32 heavy (non-hydrogen) atoms. The molecule has 3 heterocycles. The SMILES string of the molecule is CC(C)(C#Cc1cccn2ncc(-c3ccc(-c4cnn(CC5CC5)c4)cc3)c12)C(N)=O. The summed E-state index contributed by atoms with van der Waals surface area (Å²) in [7, 11) is 0. The van der Waals surface area contributed by atoms with Gasteiger partial charge in [0.05, 0.1) is 23.5 Å². The van der Waals surface area contributed by atoms with E-state index in [1.165, 1.54) is 12.8 Å². The third-order valence-electron chi connectivity index (χ3n) is 5.97. The number of carbonyl (C=O) groups is 1. The van der Waals surface area contributed by atoms with E-state index in [0.717, 1.165) is 45.8 Å². The van der Waals surface area contributed by atoms with Gasteiger partial charge in [-0.15, -0.1) is 0 Å². The van der Waals surface area contributed by atoms with E-state index in [1.54, 1.807) is 13.8 Å². The lowest BCUT2D eigenvalue weighted by atomic mass is 9.93. The Morgan fingerprint density at radius 1 is 1.09 bits per heavy atom. The highest BCUT2D eigenvalue weighted by atomic mass is 16.1. The van der Waals surface area contributed by atoms with Crippen LogP contribution in [0.3, 0.4) is 0 Å². The number of carbonyl (C=O) groups excluding carboxylic acids is 1. The van der Waals surface area contributed by atoms with Crippen molar-refractivity contribution in [3.05, 3.63) is 66.7 Å². The number of nitrogens with two attached hydrogens (primary N) is 1. The van der Waals surface area contributed by atoms with Crippen LogP contribution in [0.25, 0.3) is 27.8 Å². The standard InChI is InChI=1S/C26H25N5O/c1-26(2,25(27)32)12-11-21-4-3-13-31-24(21)23(15-29-31)20-9-7-19(8-10-20)22-14-28-30(17-22)16-18-5-6-18/h3-4,7-10,13-15,17-18H,5-6,16H2,1-2H3,(H2,27,32). The first-order valence-electron chi connectivity index (χ1n) is 10.8. The van der Waals surface area contributed by atoms with Crippen molar-refractivity contribution in [2.75, 3.05) is 0 Å². The molecule has 1 fully saturated rings. The highest BCUT2D eigenvalue weighted by Crippen LogP contribution is 2.32. The summed E-state index contributed by atoms with van der Waals surface area (Å²) >= 11 is 0. The van der Waals surface area contributed by atoms with Crippen LogP contribution in [0.1, 0.15) is 32.3 Å². The largest absolute Gasteiger partial charge is 0.368 e. The molecule has 4 aromatic rings. The molecule has 0 spiro atoms. The van der Waals surface area contributed by atoms with Crippen molar-refractivity contribution in [1.82, 2.24) is 19.4 Å². The molecule has 160 valence electrons. The van der Waals surface area contributed by atoms with Crippen LogP contribution in [0, 0.1) is 23.2 Å². The van der Waals surface area contributed by atoms with E-state index in [0.29, 0.717) is 0 Å². The topological polar surface area (TPSA) is 78.2 Å². The number of hydrogen-bond acceptors (Lipinski definition) is 3. The second kappa shape index (κ2) is 7.69. The second-order valence-corrected chi connectivity index (χ2v) is 8.98. The maximum absolute atomic E-state index is 11.6. The van der Waals surface area contributed by atoms with Gasteiger partial charge in [0.1, 0.15) is 5.41 Å². The summed E-state index contributed by atoms with van der Waals surface area (Å²) in [5, 5.41) is 9.00. The summed E-state index contributed by atoms with van der Waals surface area (Å²) in [4.78, 5) is 11.6. The highest BCUT2D eigenvalue weighted by molar-refractivity contribution is 5.87. The van der Waals surface area contributed by atoms with Gasteiger partial charge in [-0.1, -0.05) is 36.1 Å². The minimum absolute atomic E-state index is 0.443. The summed E-state index contributed by atoms with van der Waals surface area (Å²) in [6.07, 6.45) is 10.4. The van der Waals surface area contributed by atoms with Gasteiger partial charge < -0.3 is 5.73 Å². The van der Waals surface area contributed by atoms with Gasteiger partial charge in [0, 0.05) is 30.1 Å². The van der Waals surface area contributed by atoms with Crippen molar-refractivity contribution in [3.8, 4) is 34.1 Å². The van der Waals surface area contributed by atoms with Crippen molar-refractivity contribution < 1.29 is 4.79 Å². The Labute approximate surface area is 187 Å². The number of amides is 1. The van der Waals surface area contributed by atoms with Gasteiger partial charge in [0.15, 0.2) is 0 Å². The molecular weight excluding hydrogens is 398 g/mol. The first kappa shape index (κ1) is 20.1. The number of nitrogens with zero attached hydrogens (tertiary/aromatic N) is 4. The summed E-state index contributed by atoms with van der Waals surface area (Å²) < 4.78 is 3.86. The molecule has 2 N–H and O–H groups in total. The summed E-state index contributed by atoms with van der Waals surface area (Å²) in [5.41, 5.74) is 10.6. The van der Waals surface area contributed by atoms with Gasteiger partial charge in [-0.25, -0.2) is 4.52 Å². The van der Waals surface area contributed by atoms with Gasteiger partial charge in [-0.3, -0.25) is 9.48 Å². The fourth-order valence-corrected chi connectivity index (χ4v) is 3.66. The Bertz CT molecular complexity index is 1360. The number of benzene rings is 1. The third kappa shape index (κ3) is 3.90. The Balaban J connectivity index is 1.48. The smallest absolute Gasteiger partial charge is 0.235 e. The molecule has 6 heteroatoms. The zero-order valence-electron chi connectivity index (χ0n) is 18.2. The van der Waals surface area contributed by atoms with E-state index in [4.69, 9.17) is 5.73 Å². The fraction of sp³-hybridized carbons (Fsp3) is 0.269. The van der Waals surface area contributed by atoms with Crippen molar-refractivity contribution in [2.24, 2.45) is 17.1 Å². The van der Waals surface area contributed by atoms with Gasteiger partial charge in [-0.05, 0) is 55.9 Å². The summed E-state index contributed by atoms with van der Waals surface area (Å²) in [5.74, 6) is 6.51. The predicted molar refractivity (Wildman–Crippen MR) is 124 cm³/mol. The molecule has 1 aromatic carbocycles. The lowest BCUT2D eigenvalue weighted by molar-refractivity contribution is -0.123. The van der Waals surface area contributed by atoms with Crippen LogP contribution in [0.15, 0.2) is 61.2 Å². The maximum atomic E-state index is 11.6. The Morgan fingerprint density at radius 2 is 1.84 bits per heavy atom. The molecule has 0 aliphatic heterocycles. The zero-order chi connectivity index (χ0) is 22.3. The van der Waals surface area contributed by atoms with E-state index < -0.39 is 11.3 Å². The van der Waals surface area contributed by atoms with E-state index in [-0.39, 0.29) is 0 Å². The van der Waals surface area contributed by atoms with Crippen LogP contribution in [-0.4, -0.2) is 25.3 Å². The van der Waals surface area contributed by atoms with Gasteiger partial charge >= 0.3 is 0 Å². The molecule has 0 bridgehead atoms. The maximum Gasteiger partial charge on any atom is 0.235 e. The minimum Gasteiger partial charge on any atom is -0.368 e. The third-order valence-corrected chi connectivity index (χ3v) is 5.97. The van der Waals surface area contributed by atoms with Crippen LogP contribution < -0.4 is 5.73 Å². The molecule has 3 aromatic heterocycles. The van der Waals surface area contributed by atoms with Crippen molar-refractivity contribution in [2.45, 2.75) is 33.2 Å². The average Bonchev–Trinajstić information content (AvgIpc) is 3.29. The average molecular weight is 424 g/mol. The van der Waals surface area contributed by atoms with E-state index >= 15 is 0 Å². The molecule has 0 unspecified atom stereocenters. The molecule has 0 atom stereocenters. The number of aromatic nitrogens is 4. The van der Waals surface area contributed by atoms with Crippen molar-refractivity contribution in [3.63, 3.8) is 0 Å². The van der Waals surface area contributed by atoms with Crippen LogP contribution in [-0.2, 0) is 11.3 Å². The molecular formula is C26H25N5O. The normalized spacial score (nSPS) is 13.7. The number of rotatable bonds is 5. The molecule has 1 aliphatic rings. The molecule has 5 rings (SSSR count). The number of primary amides is 1. The highest BCUT2D eigenvalue weighted by Gasteiger charge is 2.22. The number of fused-ring (bicyclic) bond motifs is 1. The Kier molecular flexibility index (Phi) is 4.82. The second-order valence-electron chi connectivity index (χ2n) is 8.98. The summed E-state index contributed by atoms with van der Waals surface area (Å²) in [6.45, 7) is 4.47. The zero-order valence-corrected chi connectivity index (χ0v) is 18.2. The number of pyridine rings is 1. The lowest BCUT2D eigenvalue weighted by Crippen LogP contribution is -2.29. The van der Waals surface area contributed by atoms with Gasteiger partial charge in [-0.2, -0.15) is 10.2 Å². The van der Waals surface area contributed by atoms with Crippen LogP contribution in [0.4, 0.5) is 0 Å². The first-order chi connectivity index (χ1) is 15.4.